The molecule has 1 N–H and O–H groups in total. The molecule has 0 aliphatic rings. The number of para-hydroxylation sites is 1. The molecule has 0 spiro atoms. The summed E-state index contributed by atoms with van der Waals surface area (Å²) in [6.07, 6.45) is 3.14. The number of H-pyrrole nitrogens is 1. The Bertz CT molecular complexity index is 724. The number of benzene rings is 1. The smallest absolute Gasteiger partial charge is 0.110 e. The maximum absolute atomic E-state index is 6.45. The van der Waals surface area contributed by atoms with Gasteiger partial charge in [-0.05, 0) is 24.5 Å². The monoisotopic (exact) mass is 287 g/mol. The van der Waals surface area contributed by atoms with Crippen molar-refractivity contribution in [1.82, 2.24) is 14.8 Å². The number of nitrogens with one attached hydrogen (secondary N) is 1. The second-order valence-electron chi connectivity index (χ2n) is 5.51. The quantitative estimate of drug-likeness (QED) is 0.739. The van der Waals surface area contributed by atoms with E-state index in [4.69, 9.17) is 11.6 Å². The van der Waals surface area contributed by atoms with Crippen LogP contribution >= 0.6 is 11.6 Å². The van der Waals surface area contributed by atoms with Gasteiger partial charge < -0.3 is 4.98 Å². The van der Waals surface area contributed by atoms with E-state index in [9.17, 15) is 0 Å². The molecule has 0 radical (unpaired) electrons. The minimum atomic E-state index is 0.680. The number of fused-ring (bicyclic) bond motifs is 1. The van der Waals surface area contributed by atoms with Gasteiger partial charge in [-0.1, -0.05) is 43.6 Å². The molecular formula is C16H18ClN3. The van der Waals surface area contributed by atoms with Crippen molar-refractivity contribution in [2.75, 3.05) is 0 Å². The van der Waals surface area contributed by atoms with E-state index in [-0.39, 0.29) is 0 Å². The van der Waals surface area contributed by atoms with E-state index in [0.717, 1.165) is 40.3 Å². The zero-order chi connectivity index (χ0) is 14.1. The van der Waals surface area contributed by atoms with Crippen molar-refractivity contribution in [2.24, 2.45) is 5.92 Å². The first-order valence-corrected chi connectivity index (χ1v) is 7.33. The summed E-state index contributed by atoms with van der Waals surface area (Å²) >= 11 is 6.45. The van der Waals surface area contributed by atoms with Crippen LogP contribution in [-0.2, 0) is 6.54 Å². The lowest BCUT2D eigenvalue weighted by Crippen LogP contribution is -2.02. The molecule has 0 aliphatic heterocycles. The molecule has 3 rings (SSSR count). The van der Waals surface area contributed by atoms with Crippen molar-refractivity contribution in [3.63, 3.8) is 0 Å². The molecule has 0 atom stereocenters. The van der Waals surface area contributed by atoms with Crippen molar-refractivity contribution < 1.29 is 0 Å². The van der Waals surface area contributed by atoms with Gasteiger partial charge in [0.25, 0.3) is 0 Å². The van der Waals surface area contributed by atoms with Crippen LogP contribution in [0.3, 0.4) is 0 Å². The van der Waals surface area contributed by atoms with E-state index in [0.29, 0.717) is 5.92 Å². The molecule has 2 aromatic heterocycles. The summed E-state index contributed by atoms with van der Waals surface area (Å²) in [5.74, 6) is 0.680. The number of aromatic nitrogens is 3. The standard InChI is InChI=1S/C16H18ClN3/c1-11(2)7-9-20-10-8-14(19-20)16-15(17)12-5-3-4-6-13(12)18-16/h3-6,8,10-11,18H,7,9H2,1-2H3. The average molecular weight is 288 g/mol. The van der Waals surface area contributed by atoms with E-state index >= 15 is 0 Å². The first-order valence-electron chi connectivity index (χ1n) is 6.95. The fourth-order valence-electron chi connectivity index (χ4n) is 2.29. The van der Waals surface area contributed by atoms with Crippen LogP contribution < -0.4 is 0 Å². The molecule has 0 saturated carbocycles. The molecule has 0 bridgehead atoms. The first-order chi connectivity index (χ1) is 9.65. The number of hydrogen-bond donors (Lipinski definition) is 1. The molecule has 4 heteroatoms. The average Bonchev–Trinajstić information content (AvgIpc) is 3.02. The summed E-state index contributed by atoms with van der Waals surface area (Å²) < 4.78 is 1.98. The Balaban J connectivity index is 1.93. The van der Waals surface area contributed by atoms with E-state index in [1.807, 2.05) is 41.2 Å². The molecular weight excluding hydrogens is 270 g/mol. The third kappa shape index (κ3) is 2.46. The lowest BCUT2D eigenvalue weighted by molar-refractivity contribution is 0.488. The zero-order valence-corrected chi connectivity index (χ0v) is 12.5. The topological polar surface area (TPSA) is 33.6 Å². The van der Waals surface area contributed by atoms with Gasteiger partial charge in [0, 0.05) is 23.6 Å². The van der Waals surface area contributed by atoms with Crippen molar-refractivity contribution in [1.29, 1.82) is 0 Å². The van der Waals surface area contributed by atoms with Gasteiger partial charge in [0.05, 0.1) is 10.7 Å². The second kappa shape index (κ2) is 5.33. The SMILES string of the molecule is CC(C)CCn1ccc(-c2[nH]c3ccccc3c2Cl)n1. The fourth-order valence-corrected chi connectivity index (χ4v) is 2.60. The molecule has 0 fully saturated rings. The largest absolute Gasteiger partial charge is 0.352 e. The number of aryl methyl sites for hydroxylation is 1. The fraction of sp³-hybridized carbons (Fsp3) is 0.312. The van der Waals surface area contributed by atoms with Gasteiger partial charge >= 0.3 is 0 Å². The van der Waals surface area contributed by atoms with Crippen LogP contribution in [0.5, 0.6) is 0 Å². The third-order valence-electron chi connectivity index (χ3n) is 3.48. The normalized spacial score (nSPS) is 11.6. The lowest BCUT2D eigenvalue weighted by atomic mass is 10.1. The Morgan fingerprint density at radius 2 is 2.05 bits per heavy atom. The first kappa shape index (κ1) is 13.3. The highest BCUT2D eigenvalue weighted by atomic mass is 35.5. The number of aromatic amines is 1. The molecule has 1 aromatic carbocycles. The molecule has 3 nitrogen and oxygen atoms in total. The molecule has 0 saturated heterocycles. The predicted molar refractivity (Wildman–Crippen MR) is 84.0 cm³/mol. The van der Waals surface area contributed by atoms with Gasteiger partial charge in [0.2, 0.25) is 0 Å². The summed E-state index contributed by atoms with van der Waals surface area (Å²) in [6.45, 7) is 5.38. The minimum Gasteiger partial charge on any atom is -0.352 e. The van der Waals surface area contributed by atoms with Crippen LogP contribution in [0, 0.1) is 5.92 Å². The highest BCUT2D eigenvalue weighted by molar-refractivity contribution is 6.38. The summed E-state index contributed by atoms with van der Waals surface area (Å²) in [5, 5.41) is 6.40. The van der Waals surface area contributed by atoms with Gasteiger partial charge in [0.1, 0.15) is 5.69 Å². The molecule has 2 heterocycles. The number of halogens is 1. The molecule has 20 heavy (non-hydrogen) atoms. The Hall–Kier alpha value is -1.74. The van der Waals surface area contributed by atoms with E-state index < -0.39 is 0 Å². The Morgan fingerprint density at radius 1 is 1.25 bits per heavy atom. The van der Waals surface area contributed by atoms with E-state index in [1.165, 1.54) is 0 Å². The van der Waals surface area contributed by atoms with E-state index in [2.05, 4.69) is 23.9 Å². The highest BCUT2D eigenvalue weighted by Gasteiger charge is 2.13. The van der Waals surface area contributed by atoms with Crippen LogP contribution in [0.4, 0.5) is 0 Å². The van der Waals surface area contributed by atoms with Crippen LogP contribution in [-0.4, -0.2) is 14.8 Å². The van der Waals surface area contributed by atoms with Gasteiger partial charge in [-0.15, -0.1) is 0 Å². The van der Waals surface area contributed by atoms with Crippen LogP contribution in [0.25, 0.3) is 22.3 Å². The number of hydrogen-bond acceptors (Lipinski definition) is 1. The lowest BCUT2D eigenvalue weighted by Gasteiger charge is -2.04. The Labute approximate surface area is 123 Å². The third-order valence-corrected chi connectivity index (χ3v) is 3.87. The van der Waals surface area contributed by atoms with Crippen LogP contribution in [0.2, 0.25) is 5.02 Å². The number of nitrogens with zero attached hydrogens (tertiary/aromatic N) is 2. The van der Waals surface area contributed by atoms with Crippen LogP contribution in [0.15, 0.2) is 36.5 Å². The minimum absolute atomic E-state index is 0.680. The van der Waals surface area contributed by atoms with Crippen LogP contribution in [0.1, 0.15) is 20.3 Å². The molecule has 104 valence electrons. The highest BCUT2D eigenvalue weighted by Crippen LogP contribution is 2.33. The van der Waals surface area contributed by atoms with Crippen molar-refractivity contribution in [3.05, 3.63) is 41.6 Å². The van der Waals surface area contributed by atoms with Gasteiger partial charge in [-0.25, -0.2) is 0 Å². The van der Waals surface area contributed by atoms with Gasteiger partial charge in [-0.3, -0.25) is 4.68 Å². The zero-order valence-electron chi connectivity index (χ0n) is 11.7. The molecule has 0 amide bonds. The maximum Gasteiger partial charge on any atom is 0.110 e. The molecule has 0 unspecified atom stereocenters. The van der Waals surface area contributed by atoms with Crippen molar-refractivity contribution in [3.8, 4) is 11.4 Å². The molecule has 0 aliphatic carbocycles. The van der Waals surface area contributed by atoms with Crippen molar-refractivity contribution >= 4 is 22.5 Å². The summed E-state index contributed by atoms with van der Waals surface area (Å²) in [6, 6.07) is 10.1. The van der Waals surface area contributed by atoms with E-state index in [1.54, 1.807) is 0 Å². The summed E-state index contributed by atoms with van der Waals surface area (Å²) in [5.41, 5.74) is 2.84. The van der Waals surface area contributed by atoms with Gasteiger partial charge in [-0.2, -0.15) is 5.10 Å². The van der Waals surface area contributed by atoms with Crippen molar-refractivity contribution in [2.45, 2.75) is 26.8 Å². The predicted octanol–water partition coefficient (Wildman–Crippen LogP) is 4.73. The Morgan fingerprint density at radius 3 is 2.80 bits per heavy atom. The molecule has 3 aromatic rings. The second-order valence-corrected chi connectivity index (χ2v) is 5.88. The summed E-state index contributed by atoms with van der Waals surface area (Å²) in [7, 11) is 0. The number of rotatable bonds is 4. The maximum atomic E-state index is 6.45. The van der Waals surface area contributed by atoms with Gasteiger partial charge in [0.15, 0.2) is 0 Å². The summed E-state index contributed by atoms with van der Waals surface area (Å²) in [4.78, 5) is 3.35. The Kier molecular flexibility index (Phi) is 3.53.